The minimum absolute atomic E-state index is 0.0624. The molecule has 194 valence electrons. The summed E-state index contributed by atoms with van der Waals surface area (Å²) in [5.41, 5.74) is 7.98. The number of thioether (sulfide) groups is 1. The zero-order chi connectivity index (χ0) is 27.1. The summed E-state index contributed by atoms with van der Waals surface area (Å²) in [6, 6.07) is 26.5. The van der Waals surface area contributed by atoms with Crippen molar-refractivity contribution in [3.05, 3.63) is 100 Å². The van der Waals surface area contributed by atoms with E-state index in [1.807, 2.05) is 53.1 Å². The molecule has 8 heteroatoms. The number of nitrogens with one attached hydrogen (secondary N) is 1. The Kier molecular flexibility index (Phi) is 8.97. The van der Waals surface area contributed by atoms with Crippen molar-refractivity contribution in [3.63, 3.8) is 0 Å². The Balaban J connectivity index is 1.50. The molecule has 38 heavy (non-hydrogen) atoms. The van der Waals surface area contributed by atoms with Gasteiger partial charge in [0, 0.05) is 15.7 Å². The first-order valence-electron chi connectivity index (χ1n) is 12.2. The molecule has 0 saturated carbocycles. The predicted octanol–water partition coefficient (Wildman–Crippen LogP) is 7.17. The monoisotopic (exact) mass is 587 g/mol. The molecule has 0 unspecified atom stereocenters. The van der Waals surface area contributed by atoms with Crippen LogP contribution >= 0.6 is 27.7 Å². The first-order valence-corrected chi connectivity index (χ1v) is 14.0. The molecule has 0 fully saturated rings. The maximum Gasteiger partial charge on any atom is 0.250 e. The average Bonchev–Trinajstić information content (AvgIpc) is 3.32. The summed E-state index contributed by atoms with van der Waals surface area (Å²) in [5, 5.41) is 13.6. The Hall–Kier alpha value is -3.49. The van der Waals surface area contributed by atoms with E-state index in [2.05, 4.69) is 101 Å². The van der Waals surface area contributed by atoms with E-state index in [4.69, 9.17) is 0 Å². The van der Waals surface area contributed by atoms with Gasteiger partial charge in [0.15, 0.2) is 11.0 Å². The number of hydrogen-bond acceptors (Lipinski definition) is 5. The second-order valence-corrected chi connectivity index (χ2v) is 11.7. The highest BCUT2D eigenvalue weighted by Crippen LogP contribution is 2.30. The van der Waals surface area contributed by atoms with Gasteiger partial charge in [0.2, 0.25) is 0 Å². The molecule has 4 aromatic rings. The molecule has 0 atom stereocenters. The Labute approximate surface area is 236 Å². The number of rotatable bonds is 8. The van der Waals surface area contributed by atoms with Crippen LogP contribution in [0.4, 0.5) is 0 Å². The molecule has 1 aromatic heterocycles. The van der Waals surface area contributed by atoms with Gasteiger partial charge in [-0.25, -0.2) is 5.43 Å². The van der Waals surface area contributed by atoms with Crippen LogP contribution in [0.15, 0.2) is 93.6 Å². The maximum absolute atomic E-state index is 12.5. The average molecular weight is 589 g/mol. The number of hydrazone groups is 1. The molecule has 1 heterocycles. The highest BCUT2D eigenvalue weighted by atomic mass is 79.9. The Morgan fingerprint density at radius 1 is 1.00 bits per heavy atom. The van der Waals surface area contributed by atoms with Crippen molar-refractivity contribution in [3.8, 4) is 17.1 Å². The van der Waals surface area contributed by atoms with E-state index in [0.29, 0.717) is 5.16 Å². The number of benzene rings is 3. The van der Waals surface area contributed by atoms with Gasteiger partial charge < -0.3 is 0 Å². The lowest BCUT2D eigenvalue weighted by Crippen LogP contribution is -2.19. The lowest BCUT2D eigenvalue weighted by Gasteiger charge is -2.19. The van der Waals surface area contributed by atoms with E-state index >= 15 is 0 Å². The number of amides is 1. The van der Waals surface area contributed by atoms with Gasteiger partial charge in [-0.3, -0.25) is 9.36 Å². The van der Waals surface area contributed by atoms with Crippen molar-refractivity contribution >= 4 is 45.9 Å². The summed E-state index contributed by atoms with van der Waals surface area (Å²) in [5.74, 6) is 0.635. The molecule has 6 nitrogen and oxygen atoms in total. The molecule has 1 amide bonds. The fourth-order valence-corrected chi connectivity index (χ4v) is 4.78. The van der Waals surface area contributed by atoms with Crippen molar-refractivity contribution in [1.29, 1.82) is 0 Å². The number of carbonyl (C=O) groups excluding carboxylic acids is 1. The third-order valence-corrected chi connectivity index (χ3v) is 7.11. The van der Waals surface area contributed by atoms with Crippen LogP contribution in [0.5, 0.6) is 0 Å². The molecule has 0 aliphatic rings. The van der Waals surface area contributed by atoms with Gasteiger partial charge in [-0.1, -0.05) is 105 Å². The Morgan fingerprint density at radius 3 is 2.34 bits per heavy atom. The van der Waals surface area contributed by atoms with Gasteiger partial charge in [-0.05, 0) is 57.6 Å². The van der Waals surface area contributed by atoms with E-state index in [1.54, 1.807) is 6.21 Å². The summed E-state index contributed by atoms with van der Waals surface area (Å²) < 4.78 is 2.74. The quantitative estimate of drug-likeness (QED) is 0.135. The van der Waals surface area contributed by atoms with E-state index < -0.39 is 0 Å². The number of nitrogens with zero attached hydrogens (tertiary/aromatic N) is 4. The van der Waals surface area contributed by atoms with Crippen LogP contribution in [0.25, 0.3) is 23.2 Å². The van der Waals surface area contributed by atoms with Gasteiger partial charge in [0.1, 0.15) is 0 Å². The molecule has 1 N–H and O–H groups in total. The van der Waals surface area contributed by atoms with Gasteiger partial charge in [0.25, 0.3) is 5.91 Å². The number of allylic oxidation sites excluding steroid dienone is 1. The second-order valence-electron chi connectivity index (χ2n) is 9.83. The molecule has 0 aliphatic heterocycles. The summed E-state index contributed by atoms with van der Waals surface area (Å²) in [7, 11) is 0. The summed E-state index contributed by atoms with van der Waals surface area (Å²) in [6.07, 6.45) is 3.48. The molecular formula is C30H30BrN5OS. The number of hydrogen-bond donors (Lipinski definition) is 1. The van der Waals surface area contributed by atoms with Crippen LogP contribution in [-0.2, 0) is 10.2 Å². The molecule has 0 aliphatic carbocycles. The first-order chi connectivity index (χ1) is 18.2. The molecule has 3 aromatic carbocycles. The van der Waals surface area contributed by atoms with Crippen molar-refractivity contribution in [2.75, 3.05) is 5.75 Å². The lowest BCUT2D eigenvalue weighted by atomic mass is 9.87. The summed E-state index contributed by atoms with van der Waals surface area (Å²) in [4.78, 5) is 12.5. The topological polar surface area (TPSA) is 72.2 Å². The van der Waals surface area contributed by atoms with Gasteiger partial charge >= 0.3 is 0 Å². The molecule has 0 radical (unpaired) electrons. The highest BCUT2D eigenvalue weighted by Gasteiger charge is 2.19. The normalized spacial score (nSPS) is 12.2. The van der Waals surface area contributed by atoms with Crippen LogP contribution in [0.2, 0.25) is 0 Å². The maximum atomic E-state index is 12.5. The van der Waals surface area contributed by atoms with Crippen LogP contribution in [0.1, 0.15) is 37.5 Å². The van der Waals surface area contributed by atoms with Crippen molar-refractivity contribution in [1.82, 2.24) is 20.2 Å². The molecule has 0 spiro atoms. The summed E-state index contributed by atoms with van der Waals surface area (Å²) >= 11 is 4.77. The minimum atomic E-state index is -0.235. The van der Waals surface area contributed by atoms with Crippen LogP contribution in [-0.4, -0.2) is 32.6 Å². The van der Waals surface area contributed by atoms with Gasteiger partial charge in [-0.15, -0.1) is 10.2 Å². The first kappa shape index (κ1) is 27.5. The fraction of sp³-hybridized carbons (Fsp3) is 0.200. The lowest BCUT2D eigenvalue weighted by molar-refractivity contribution is -0.118. The van der Waals surface area contributed by atoms with Crippen LogP contribution < -0.4 is 5.43 Å². The largest absolute Gasteiger partial charge is 0.272 e. The standard InChI is InChI=1S/C30H30BrN5OS/c1-21-10-16-26(17-11-21)36-28(23-12-14-24(15-13-23)30(2,3)4)34-35-29(36)38-20-27(37)33-32-19-25(31)18-22-8-6-5-7-9-22/h5-19H,20H2,1-4H3,(H,33,37)/b25-18-,32-19+. The number of aryl methyl sites for hydroxylation is 1. The van der Waals surface area contributed by atoms with E-state index in [9.17, 15) is 4.79 Å². The van der Waals surface area contributed by atoms with Crippen molar-refractivity contribution in [2.45, 2.75) is 38.3 Å². The molecular weight excluding hydrogens is 558 g/mol. The van der Waals surface area contributed by atoms with Gasteiger partial charge in [0.05, 0.1) is 12.0 Å². The van der Waals surface area contributed by atoms with Gasteiger partial charge in [-0.2, -0.15) is 5.10 Å². The highest BCUT2D eigenvalue weighted by molar-refractivity contribution is 9.12. The van der Waals surface area contributed by atoms with Crippen LogP contribution in [0.3, 0.4) is 0 Å². The number of halogens is 1. The smallest absolute Gasteiger partial charge is 0.250 e. The second kappa shape index (κ2) is 12.4. The minimum Gasteiger partial charge on any atom is -0.272 e. The van der Waals surface area contributed by atoms with Crippen molar-refractivity contribution < 1.29 is 4.79 Å². The molecule has 0 saturated heterocycles. The Morgan fingerprint density at radius 2 is 1.68 bits per heavy atom. The number of carbonyl (C=O) groups is 1. The predicted molar refractivity (Wildman–Crippen MR) is 161 cm³/mol. The van der Waals surface area contributed by atoms with Crippen molar-refractivity contribution in [2.24, 2.45) is 5.10 Å². The third kappa shape index (κ3) is 7.30. The molecule has 0 bridgehead atoms. The zero-order valence-corrected chi connectivity index (χ0v) is 24.3. The third-order valence-electron chi connectivity index (χ3n) is 5.75. The van der Waals surface area contributed by atoms with E-state index in [-0.39, 0.29) is 17.1 Å². The number of aromatic nitrogens is 3. The Bertz CT molecular complexity index is 1440. The van der Waals surface area contributed by atoms with E-state index in [0.717, 1.165) is 32.7 Å². The SMILES string of the molecule is Cc1ccc(-n2c(SCC(=O)N/N=C/C(Br)=C/c3ccccc3)nnc2-c2ccc(C(C)(C)C)cc2)cc1. The van der Waals surface area contributed by atoms with Crippen LogP contribution in [0, 0.1) is 6.92 Å². The zero-order valence-electron chi connectivity index (χ0n) is 21.9. The fourth-order valence-electron chi connectivity index (χ4n) is 3.67. The molecule has 4 rings (SSSR count). The summed E-state index contributed by atoms with van der Waals surface area (Å²) in [6.45, 7) is 8.63. The van der Waals surface area contributed by atoms with E-state index in [1.165, 1.54) is 17.3 Å².